The quantitative estimate of drug-likeness (QED) is 0.270. The number of aliphatic hydroxyl groups excluding tert-OH is 2. The number of likely N-dealkylation sites (tertiary alicyclic amines) is 1. The Morgan fingerprint density at radius 2 is 2.10 bits per heavy atom. The number of piperidine rings is 1. The molecule has 1 heterocycles. The van der Waals surface area contributed by atoms with Crippen LogP contribution in [0.4, 0.5) is 0 Å². The first-order valence-electron chi connectivity index (χ1n) is 10.6. The lowest BCUT2D eigenvalue weighted by Crippen LogP contribution is -2.60. The van der Waals surface area contributed by atoms with E-state index in [2.05, 4.69) is 29.4 Å². The molecule has 7 heteroatoms. The van der Waals surface area contributed by atoms with Gasteiger partial charge in [0.1, 0.15) is 24.8 Å². The molecule has 0 aromatic carbocycles. The topological polar surface area (TPSA) is 102 Å². The van der Waals surface area contributed by atoms with Gasteiger partial charge in [-0.05, 0) is 36.8 Å². The van der Waals surface area contributed by atoms with Crippen molar-refractivity contribution in [3.8, 4) is 0 Å². The first-order valence-corrected chi connectivity index (χ1v) is 10.6. The van der Waals surface area contributed by atoms with Crippen molar-refractivity contribution in [2.45, 2.75) is 62.7 Å². The maximum atomic E-state index is 12.7. The molecule has 1 amide bonds. The molecule has 0 radical (unpaired) electrons. The zero-order chi connectivity index (χ0) is 21.5. The van der Waals surface area contributed by atoms with E-state index in [0.717, 1.165) is 31.3 Å². The van der Waals surface area contributed by atoms with Crippen LogP contribution in [0.15, 0.2) is 60.3 Å². The summed E-state index contributed by atoms with van der Waals surface area (Å²) in [6.07, 6.45) is 15.6. The normalized spacial score (nSPS) is 27.0. The van der Waals surface area contributed by atoms with E-state index in [-0.39, 0.29) is 11.9 Å². The molecule has 7 nitrogen and oxygen atoms in total. The number of aldehydes is 1. The predicted octanol–water partition coefficient (Wildman–Crippen LogP) is 1.08. The van der Waals surface area contributed by atoms with E-state index >= 15 is 0 Å². The lowest BCUT2D eigenvalue weighted by Gasteiger charge is -2.40. The highest BCUT2D eigenvalue weighted by atomic mass is 16.4. The smallest absolute Gasteiger partial charge is 0.238 e. The molecule has 4 N–H and O–H groups in total. The van der Waals surface area contributed by atoms with Crippen molar-refractivity contribution in [1.29, 1.82) is 0 Å². The minimum absolute atomic E-state index is 0.207. The number of rotatable bonds is 8. The van der Waals surface area contributed by atoms with Crippen LogP contribution >= 0.6 is 0 Å². The fourth-order valence-corrected chi connectivity index (χ4v) is 4.22. The summed E-state index contributed by atoms with van der Waals surface area (Å²) in [4.78, 5) is 25.3. The molecule has 0 spiro atoms. The van der Waals surface area contributed by atoms with E-state index in [4.69, 9.17) is 0 Å². The average molecular weight is 414 g/mol. The number of nitrogens with zero attached hydrogens (tertiary/aromatic N) is 1. The summed E-state index contributed by atoms with van der Waals surface area (Å²) in [7, 11) is 0. The highest BCUT2D eigenvalue weighted by molar-refractivity contribution is 5.85. The van der Waals surface area contributed by atoms with Crippen molar-refractivity contribution in [1.82, 2.24) is 15.5 Å². The average Bonchev–Trinajstić information content (AvgIpc) is 2.99. The first kappa shape index (κ1) is 22.4. The fourth-order valence-electron chi connectivity index (χ4n) is 4.22. The summed E-state index contributed by atoms with van der Waals surface area (Å²) in [6, 6.07) is -1.59. The summed E-state index contributed by atoms with van der Waals surface area (Å²) >= 11 is 0. The third-order valence-corrected chi connectivity index (χ3v) is 5.84. The van der Waals surface area contributed by atoms with E-state index < -0.39 is 24.5 Å². The van der Waals surface area contributed by atoms with Gasteiger partial charge in [-0.2, -0.15) is 0 Å². The lowest BCUT2D eigenvalue weighted by molar-refractivity contribution is -0.147. The monoisotopic (exact) mass is 413 g/mol. The molecular formula is C23H31N3O4. The standard InChI is InChI=1S/C23H31N3O4/c1-2-17(15-27)24-21(28)20-13-7-8-14-26(20)23(30)22(29)25-19-12-6-4-10-16-9-3-5-11-18(16)19/h2-4,6,9-10,12,15,17,19-20,22-23,25,29-30H,1,5,7-8,11,13-14H2,(H,24,28)/t17-,19?,20-,22?,23?/m0/s1. The molecule has 5 atom stereocenters. The molecule has 0 aromatic heterocycles. The fraction of sp³-hybridized carbons (Fsp3) is 0.478. The van der Waals surface area contributed by atoms with Crippen molar-refractivity contribution >= 4 is 12.2 Å². The number of allylic oxidation sites excluding steroid dienone is 6. The Labute approximate surface area is 177 Å². The zero-order valence-electron chi connectivity index (χ0n) is 17.1. The van der Waals surface area contributed by atoms with Crippen LogP contribution in [0.1, 0.15) is 32.1 Å². The Hall–Kier alpha value is -2.32. The molecule has 3 unspecified atom stereocenters. The van der Waals surface area contributed by atoms with Gasteiger partial charge in [-0.15, -0.1) is 6.58 Å². The van der Waals surface area contributed by atoms with Gasteiger partial charge in [0.25, 0.3) is 0 Å². The second-order valence-electron chi connectivity index (χ2n) is 7.82. The maximum Gasteiger partial charge on any atom is 0.238 e. The van der Waals surface area contributed by atoms with Crippen LogP contribution in [0, 0.1) is 0 Å². The van der Waals surface area contributed by atoms with Gasteiger partial charge in [-0.1, -0.05) is 49.0 Å². The Morgan fingerprint density at radius 3 is 2.87 bits per heavy atom. The number of amides is 1. The van der Waals surface area contributed by atoms with Crippen LogP contribution < -0.4 is 10.6 Å². The van der Waals surface area contributed by atoms with E-state index in [9.17, 15) is 19.8 Å². The van der Waals surface area contributed by atoms with Gasteiger partial charge in [0.05, 0.1) is 6.04 Å². The van der Waals surface area contributed by atoms with Crippen molar-refractivity contribution in [2.24, 2.45) is 0 Å². The number of hydrogen-bond acceptors (Lipinski definition) is 6. The lowest BCUT2D eigenvalue weighted by atomic mass is 9.92. The molecule has 30 heavy (non-hydrogen) atoms. The van der Waals surface area contributed by atoms with Crippen LogP contribution in [-0.4, -0.2) is 64.4 Å². The van der Waals surface area contributed by atoms with Crippen molar-refractivity contribution in [3.05, 3.63) is 60.3 Å². The van der Waals surface area contributed by atoms with Crippen LogP contribution in [0.25, 0.3) is 0 Å². The van der Waals surface area contributed by atoms with Crippen LogP contribution in [0.2, 0.25) is 0 Å². The molecule has 3 rings (SSSR count). The summed E-state index contributed by atoms with van der Waals surface area (Å²) in [6.45, 7) is 4.02. The Bertz CT molecular complexity index is 762. The molecular weight excluding hydrogens is 382 g/mol. The van der Waals surface area contributed by atoms with Gasteiger partial charge < -0.3 is 20.3 Å². The second-order valence-corrected chi connectivity index (χ2v) is 7.82. The van der Waals surface area contributed by atoms with Crippen LogP contribution in [0.5, 0.6) is 0 Å². The third kappa shape index (κ3) is 5.23. The summed E-state index contributed by atoms with van der Waals surface area (Å²) in [5.74, 6) is -0.348. The van der Waals surface area contributed by atoms with Gasteiger partial charge in [0, 0.05) is 12.6 Å². The largest absolute Gasteiger partial charge is 0.374 e. The zero-order valence-corrected chi connectivity index (χ0v) is 17.1. The molecule has 1 saturated heterocycles. The minimum Gasteiger partial charge on any atom is -0.374 e. The number of hydrogen-bond donors (Lipinski definition) is 4. The molecule has 3 aliphatic rings. The number of aliphatic hydroxyl groups is 2. The van der Waals surface area contributed by atoms with Crippen LogP contribution in [-0.2, 0) is 9.59 Å². The third-order valence-electron chi connectivity index (χ3n) is 5.84. The molecule has 0 aromatic rings. The van der Waals surface area contributed by atoms with Gasteiger partial charge in [-0.3, -0.25) is 15.0 Å². The highest BCUT2D eigenvalue weighted by Crippen LogP contribution is 2.26. The van der Waals surface area contributed by atoms with Crippen molar-refractivity contribution in [3.63, 3.8) is 0 Å². The Balaban J connectivity index is 1.69. The molecule has 162 valence electrons. The SMILES string of the molecule is C=C[C@@H](C=O)NC(=O)[C@@H]1CCCCN1C(O)C(O)NC1C=CC=CC2=C1CCC=C2. The van der Waals surface area contributed by atoms with E-state index in [1.54, 1.807) is 4.90 Å². The molecule has 0 bridgehead atoms. The van der Waals surface area contributed by atoms with Crippen LogP contribution in [0.3, 0.4) is 0 Å². The molecule has 1 fully saturated rings. The predicted molar refractivity (Wildman–Crippen MR) is 115 cm³/mol. The van der Waals surface area contributed by atoms with Gasteiger partial charge >= 0.3 is 0 Å². The number of nitrogens with one attached hydrogen (secondary N) is 2. The van der Waals surface area contributed by atoms with Gasteiger partial charge in [-0.25, -0.2) is 0 Å². The Morgan fingerprint density at radius 1 is 1.27 bits per heavy atom. The summed E-state index contributed by atoms with van der Waals surface area (Å²) < 4.78 is 0. The second kappa shape index (κ2) is 10.6. The number of carbonyl (C=O) groups excluding carboxylic acids is 2. The maximum absolute atomic E-state index is 12.7. The molecule has 1 aliphatic heterocycles. The highest BCUT2D eigenvalue weighted by Gasteiger charge is 2.37. The van der Waals surface area contributed by atoms with Gasteiger partial charge in [0.15, 0.2) is 0 Å². The molecule has 0 saturated carbocycles. The van der Waals surface area contributed by atoms with E-state index in [1.807, 2.05) is 24.3 Å². The summed E-state index contributed by atoms with van der Waals surface area (Å²) in [5.41, 5.74) is 2.28. The van der Waals surface area contributed by atoms with Crippen molar-refractivity contribution < 1.29 is 19.8 Å². The minimum atomic E-state index is -1.26. The number of carbonyl (C=O) groups is 2. The first-order chi connectivity index (χ1) is 14.5. The van der Waals surface area contributed by atoms with Gasteiger partial charge in [0.2, 0.25) is 5.91 Å². The van der Waals surface area contributed by atoms with Crippen molar-refractivity contribution in [2.75, 3.05) is 6.54 Å². The molecule has 2 aliphatic carbocycles. The Kier molecular flexibility index (Phi) is 7.93. The van der Waals surface area contributed by atoms with E-state index in [0.29, 0.717) is 19.3 Å². The summed E-state index contributed by atoms with van der Waals surface area (Å²) in [5, 5.41) is 27.4. The van der Waals surface area contributed by atoms with E-state index in [1.165, 1.54) is 11.6 Å².